The van der Waals surface area contributed by atoms with Crippen molar-refractivity contribution in [1.82, 2.24) is 15.1 Å². The second-order valence-corrected chi connectivity index (χ2v) is 7.39. The number of amides is 1. The molecule has 0 saturated carbocycles. The fourth-order valence-electron chi connectivity index (χ4n) is 3.45. The van der Waals surface area contributed by atoms with Gasteiger partial charge in [0.05, 0.1) is 28.6 Å². The summed E-state index contributed by atoms with van der Waals surface area (Å²) in [7, 11) is 0. The molecule has 0 aromatic heterocycles. The molecule has 5 nitrogen and oxygen atoms in total. The van der Waals surface area contributed by atoms with Gasteiger partial charge in [-0.05, 0) is 24.1 Å². The van der Waals surface area contributed by atoms with Crippen molar-refractivity contribution in [3.8, 4) is 0 Å². The molecule has 26 heavy (non-hydrogen) atoms. The van der Waals surface area contributed by atoms with Crippen LogP contribution >= 0.6 is 48.0 Å². The molecule has 1 aromatic rings. The standard InChI is InChI=1S/C17H23Cl2N3O2.2ClH/c18-15-2-1-12(7-16(15)19)8-17(24)22-6-4-20-9-13(22)10-21-5-3-14(23)11-21;;/h1-2,7,13-14,20,23H,3-6,8-11H2;2*1H. The molecule has 3 rings (SSSR count). The van der Waals surface area contributed by atoms with Crippen LogP contribution in [0.3, 0.4) is 0 Å². The van der Waals surface area contributed by atoms with Crippen LogP contribution in [0.4, 0.5) is 0 Å². The summed E-state index contributed by atoms with van der Waals surface area (Å²) < 4.78 is 0. The Bertz CT molecular complexity index is 605. The van der Waals surface area contributed by atoms with E-state index in [-0.39, 0.29) is 42.9 Å². The fraction of sp³-hybridized carbons (Fsp3) is 0.588. The van der Waals surface area contributed by atoms with E-state index < -0.39 is 0 Å². The van der Waals surface area contributed by atoms with Crippen LogP contribution in [0.15, 0.2) is 18.2 Å². The van der Waals surface area contributed by atoms with Crippen molar-refractivity contribution in [2.45, 2.75) is 25.0 Å². The number of benzene rings is 1. The van der Waals surface area contributed by atoms with E-state index in [2.05, 4.69) is 10.2 Å². The number of aliphatic hydroxyl groups is 1. The summed E-state index contributed by atoms with van der Waals surface area (Å²) in [6.07, 6.45) is 0.912. The van der Waals surface area contributed by atoms with Gasteiger partial charge in [-0.1, -0.05) is 29.3 Å². The largest absolute Gasteiger partial charge is 0.392 e. The minimum absolute atomic E-state index is 0. The highest BCUT2D eigenvalue weighted by atomic mass is 35.5. The lowest BCUT2D eigenvalue weighted by Crippen LogP contribution is -2.57. The van der Waals surface area contributed by atoms with Crippen molar-refractivity contribution < 1.29 is 9.90 Å². The fourth-order valence-corrected chi connectivity index (χ4v) is 3.77. The molecule has 2 saturated heterocycles. The number of halogens is 4. The van der Waals surface area contributed by atoms with E-state index in [9.17, 15) is 9.90 Å². The quantitative estimate of drug-likeness (QED) is 0.747. The Morgan fingerprint density at radius 2 is 2.00 bits per heavy atom. The zero-order chi connectivity index (χ0) is 17.1. The zero-order valence-electron chi connectivity index (χ0n) is 14.4. The van der Waals surface area contributed by atoms with Crippen LogP contribution in [0.5, 0.6) is 0 Å². The van der Waals surface area contributed by atoms with Gasteiger partial charge in [0.15, 0.2) is 0 Å². The third-order valence-corrected chi connectivity index (χ3v) is 5.47. The maximum atomic E-state index is 12.8. The molecule has 2 N–H and O–H groups in total. The first-order chi connectivity index (χ1) is 11.5. The number of nitrogens with zero attached hydrogens (tertiary/aromatic N) is 2. The molecule has 1 amide bonds. The molecule has 0 spiro atoms. The summed E-state index contributed by atoms with van der Waals surface area (Å²) in [5.41, 5.74) is 0.878. The van der Waals surface area contributed by atoms with Crippen molar-refractivity contribution in [2.24, 2.45) is 0 Å². The minimum atomic E-state index is -0.234. The lowest BCUT2D eigenvalue weighted by molar-refractivity contribution is -0.134. The molecule has 1 aromatic carbocycles. The van der Waals surface area contributed by atoms with Gasteiger partial charge in [-0.3, -0.25) is 9.69 Å². The Balaban J connectivity index is 0.00000169. The molecule has 0 radical (unpaired) electrons. The third-order valence-electron chi connectivity index (χ3n) is 4.73. The molecule has 0 bridgehead atoms. The first kappa shape index (κ1) is 23.8. The summed E-state index contributed by atoms with van der Waals surface area (Å²) in [5, 5.41) is 14.0. The van der Waals surface area contributed by atoms with Gasteiger partial charge in [-0.25, -0.2) is 0 Å². The average molecular weight is 445 g/mol. The van der Waals surface area contributed by atoms with Gasteiger partial charge in [0, 0.05) is 39.3 Å². The summed E-state index contributed by atoms with van der Waals surface area (Å²) in [4.78, 5) is 17.0. The number of carbonyl (C=O) groups excluding carboxylic acids is 1. The Morgan fingerprint density at radius 1 is 1.23 bits per heavy atom. The van der Waals surface area contributed by atoms with Crippen molar-refractivity contribution >= 4 is 53.9 Å². The summed E-state index contributed by atoms with van der Waals surface area (Å²) >= 11 is 12.0. The minimum Gasteiger partial charge on any atom is -0.392 e. The number of carbonyl (C=O) groups is 1. The van der Waals surface area contributed by atoms with E-state index in [1.54, 1.807) is 12.1 Å². The van der Waals surface area contributed by atoms with Crippen LogP contribution in [0.2, 0.25) is 10.0 Å². The number of nitrogens with one attached hydrogen (secondary N) is 1. The van der Waals surface area contributed by atoms with Crippen LogP contribution in [0, 0.1) is 0 Å². The van der Waals surface area contributed by atoms with Crippen LogP contribution < -0.4 is 5.32 Å². The molecule has 2 fully saturated rings. The molecule has 2 unspecified atom stereocenters. The van der Waals surface area contributed by atoms with E-state index in [0.717, 1.165) is 38.2 Å². The molecule has 9 heteroatoms. The first-order valence-electron chi connectivity index (χ1n) is 8.37. The zero-order valence-corrected chi connectivity index (χ0v) is 17.5. The van der Waals surface area contributed by atoms with Gasteiger partial charge in [0.25, 0.3) is 0 Å². The Kier molecular flexibility index (Phi) is 9.97. The number of likely N-dealkylation sites (tertiary alicyclic amines) is 1. The molecular weight excluding hydrogens is 420 g/mol. The Hall–Kier alpha value is -0.270. The van der Waals surface area contributed by atoms with Gasteiger partial charge < -0.3 is 15.3 Å². The monoisotopic (exact) mass is 443 g/mol. The van der Waals surface area contributed by atoms with Gasteiger partial charge in [-0.2, -0.15) is 0 Å². The van der Waals surface area contributed by atoms with Crippen LogP contribution in [0.1, 0.15) is 12.0 Å². The van der Waals surface area contributed by atoms with Gasteiger partial charge >= 0.3 is 0 Å². The van der Waals surface area contributed by atoms with Gasteiger partial charge in [0.2, 0.25) is 5.91 Å². The van der Waals surface area contributed by atoms with E-state index in [0.29, 0.717) is 29.6 Å². The highest BCUT2D eigenvalue weighted by Gasteiger charge is 2.30. The second-order valence-electron chi connectivity index (χ2n) is 6.57. The van der Waals surface area contributed by atoms with Crippen molar-refractivity contribution in [2.75, 3.05) is 39.3 Å². The molecule has 2 aliphatic heterocycles. The summed E-state index contributed by atoms with van der Waals surface area (Å²) in [6.45, 7) is 4.71. The van der Waals surface area contributed by atoms with E-state index >= 15 is 0 Å². The number of rotatable bonds is 4. The molecule has 2 atom stereocenters. The highest BCUT2D eigenvalue weighted by Crippen LogP contribution is 2.23. The third kappa shape index (κ3) is 6.13. The van der Waals surface area contributed by atoms with Gasteiger partial charge in [0.1, 0.15) is 0 Å². The number of β-amino-alcohol motifs (C(OH)–C–C–N with tert-alkyl or cyclic N) is 1. The number of piperazine rings is 1. The predicted octanol–water partition coefficient (Wildman–Crippen LogP) is 2.25. The van der Waals surface area contributed by atoms with E-state index in [4.69, 9.17) is 23.2 Å². The van der Waals surface area contributed by atoms with Crippen molar-refractivity contribution in [1.29, 1.82) is 0 Å². The normalized spacial score (nSPS) is 23.3. The number of hydrogen-bond donors (Lipinski definition) is 2. The molecule has 0 aliphatic carbocycles. The van der Waals surface area contributed by atoms with Crippen LogP contribution in [-0.4, -0.2) is 72.2 Å². The molecule has 2 heterocycles. The smallest absolute Gasteiger partial charge is 0.227 e. The van der Waals surface area contributed by atoms with Crippen LogP contribution in [0.25, 0.3) is 0 Å². The molecule has 2 aliphatic rings. The first-order valence-corrected chi connectivity index (χ1v) is 9.13. The van der Waals surface area contributed by atoms with Crippen molar-refractivity contribution in [3.05, 3.63) is 33.8 Å². The summed E-state index contributed by atoms with van der Waals surface area (Å²) in [6, 6.07) is 5.47. The van der Waals surface area contributed by atoms with E-state index in [1.165, 1.54) is 0 Å². The maximum absolute atomic E-state index is 12.8. The number of aliphatic hydroxyl groups excluding tert-OH is 1. The van der Waals surface area contributed by atoms with Gasteiger partial charge in [-0.15, -0.1) is 24.8 Å². The molecular formula is C17H25Cl4N3O2. The Labute approximate surface area is 176 Å². The predicted molar refractivity (Wildman–Crippen MR) is 110 cm³/mol. The molecule has 148 valence electrons. The average Bonchev–Trinajstić information content (AvgIpc) is 2.96. The van der Waals surface area contributed by atoms with Crippen molar-refractivity contribution in [3.63, 3.8) is 0 Å². The topological polar surface area (TPSA) is 55.8 Å². The van der Waals surface area contributed by atoms with E-state index in [1.807, 2.05) is 11.0 Å². The lowest BCUT2D eigenvalue weighted by Gasteiger charge is -2.38. The second kappa shape index (κ2) is 10.9. The summed E-state index contributed by atoms with van der Waals surface area (Å²) in [5.74, 6) is 0.111. The lowest BCUT2D eigenvalue weighted by atomic mass is 10.1. The SMILES string of the molecule is Cl.Cl.O=C(Cc1ccc(Cl)c(Cl)c1)N1CCNCC1CN1CCC(O)C1. The van der Waals surface area contributed by atoms with Crippen LogP contribution in [-0.2, 0) is 11.2 Å². The number of hydrogen-bond acceptors (Lipinski definition) is 4. The Morgan fingerprint density at radius 3 is 2.65 bits per heavy atom. The maximum Gasteiger partial charge on any atom is 0.227 e. The highest BCUT2D eigenvalue weighted by molar-refractivity contribution is 6.42.